The van der Waals surface area contributed by atoms with Gasteiger partial charge in [-0.05, 0) is 38.5 Å². The molecule has 0 aromatic heterocycles. The number of anilines is 2. The van der Waals surface area contributed by atoms with Gasteiger partial charge in [-0.1, -0.05) is 70.2 Å². The zero-order valence-corrected chi connectivity index (χ0v) is 16.1. The van der Waals surface area contributed by atoms with E-state index in [2.05, 4.69) is 35.3 Å². The summed E-state index contributed by atoms with van der Waals surface area (Å²) in [6, 6.07) is 6.06. The Morgan fingerprint density at radius 1 is 1.00 bits per heavy atom. The molecule has 2 rings (SSSR count). The van der Waals surface area contributed by atoms with Crippen LogP contribution in [-0.2, 0) is 0 Å². The molecule has 0 atom stereocenters. The minimum absolute atomic E-state index is 0.828. The number of nitrogen functional groups attached to an aromatic ring is 1. The Morgan fingerprint density at radius 3 is 2.13 bits per heavy atom. The van der Waals surface area contributed by atoms with Gasteiger partial charge in [0.2, 0.25) is 0 Å². The van der Waals surface area contributed by atoms with E-state index in [0.717, 1.165) is 18.8 Å². The Bertz CT molecular complexity index is 467. The van der Waals surface area contributed by atoms with E-state index in [1.165, 1.54) is 11.3 Å². The van der Waals surface area contributed by atoms with Crippen molar-refractivity contribution in [2.45, 2.75) is 48.5 Å². The second kappa shape index (κ2) is 16.4. The fourth-order valence-electron chi connectivity index (χ4n) is 1.79. The van der Waals surface area contributed by atoms with Gasteiger partial charge in [0.25, 0.3) is 0 Å². The van der Waals surface area contributed by atoms with Crippen LogP contribution in [0.3, 0.4) is 0 Å². The SMILES string of the molecule is C/C=C/CN1CC=Cc2ccc(N)cc21.C/C=C\C.CC.CC. The highest BCUT2D eigenvalue weighted by Crippen LogP contribution is 2.27. The second-order valence-corrected chi connectivity index (χ2v) is 4.36. The maximum atomic E-state index is 5.80. The first-order valence-electron chi connectivity index (χ1n) is 8.72. The van der Waals surface area contributed by atoms with E-state index in [0.29, 0.717) is 0 Å². The van der Waals surface area contributed by atoms with E-state index in [4.69, 9.17) is 5.73 Å². The van der Waals surface area contributed by atoms with Crippen LogP contribution in [0.1, 0.15) is 54.0 Å². The molecular formula is C21H36N2. The lowest BCUT2D eigenvalue weighted by Gasteiger charge is -2.27. The number of allylic oxidation sites excluding steroid dienone is 3. The molecule has 130 valence electrons. The Balaban J connectivity index is 0. The maximum Gasteiger partial charge on any atom is 0.0466 e. The van der Waals surface area contributed by atoms with Crippen molar-refractivity contribution in [3.8, 4) is 0 Å². The highest BCUT2D eigenvalue weighted by molar-refractivity contribution is 5.74. The molecule has 0 unspecified atom stereocenters. The third-order valence-corrected chi connectivity index (χ3v) is 2.91. The van der Waals surface area contributed by atoms with Gasteiger partial charge < -0.3 is 10.6 Å². The average molecular weight is 317 g/mol. The smallest absolute Gasteiger partial charge is 0.0466 e. The Morgan fingerprint density at radius 2 is 1.61 bits per heavy atom. The molecule has 1 aliphatic heterocycles. The average Bonchev–Trinajstić information content (AvgIpc) is 2.63. The van der Waals surface area contributed by atoms with Crippen molar-refractivity contribution in [1.82, 2.24) is 0 Å². The first-order valence-corrected chi connectivity index (χ1v) is 8.72. The number of nitrogens with two attached hydrogens (primary N) is 1. The molecule has 1 aromatic carbocycles. The van der Waals surface area contributed by atoms with Crippen LogP contribution in [0.4, 0.5) is 11.4 Å². The molecular weight excluding hydrogens is 280 g/mol. The Labute approximate surface area is 144 Å². The molecule has 0 fully saturated rings. The van der Waals surface area contributed by atoms with Crippen molar-refractivity contribution in [2.24, 2.45) is 0 Å². The number of rotatable bonds is 2. The van der Waals surface area contributed by atoms with Crippen molar-refractivity contribution in [3.63, 3.8) is 0 Å². The summed E-state index contributed by atoms with van der Waals surface area (Å²) in [5.41, 5.74) is 9.11. The monoisotopic (exact) mass is 316 g/mol. The number of fused-ring (bicyclic) bond motifs is 1. The number of nitrogens with zero attached hydrogens (tertiary/aromatic N) is 1. The van der Waals surface area contributed by atoms with Crippen molar-refractivity contribution in [2.75, 3.05) is 23.7 Å². The van der Waals surface area contributed by atoms with E-state index < -0.39 is 0 Å². The van der Waals surface area contributed by atoms with Crippen LogP contribution in [0, 0.1) is 0 Å². The van der Waals surface area contributed by atoms with Crippen molar-refractivity contribution >= 4 is 17.5 Å². The van der Waals surface area contributed by atoms with Crippen molar-refractivity contribution in [3.05, 3.63) is 54.1 Å². The molecule has 0 bridgehead atoms. The zero-order chi connectivity index (χ0) is 18.1. The fraction of sp³-hybridized carbons (Fsp3) is 0.429. The van der Waals surface area contributed by atoms with Gasteiger partial charge in [-0.15, -0.1) is 0 Å². The third-order valence-electron chi connectivity index (χ3n) is 2.91. The normalized spacial score (nSPS) is 11.7. The molecule has 0 saturated carbocycles. The van der Waals surface area contributed by atoms with Gasteiger partial charge in [0.15, 0.2) is 0 Å². The molecule has 1 aliphatic rings. The second-order valence-electron chi connectivity index (χ2n) is 4.36. The maximum absolute atomic E-state index is 5.80. The quantitative estimate of drug-likeness (QED) is 0.511. The minimum atomic E-state index is 0.828. The van der Waals surface area contributed by atoms with Crippen LogP contribution in [-0.4, -0.2) is 13.1 Å². The van der Waals surface area contributed by atoms with Crippen LogP contribution >= 0.6 is 0 Å². The Hall–Kier alpha value is -1.96. The lowest BCUT2D eigenvalue weighted by atomic mass is 10.1. The predicted octanol–water partition coefficient (Wildman–Crippen LogP) is 6.31. The van der Waals surface area contributed by atoms with Crippen LogP contribution in [0.25, 0.3) is 6.08 Å². The molecule has 1 aromatic rings. The lowest BCUT2D eigenvalue weighted by molar-refractivity contribution is 0.945. The lowest BCUT2D eigenvalue weighted by Crippen LogP contribution is -2.26. The standard InChI is InChI=1S/C13H16N2.C4H8.2C2H6/c1-2-3-8-15-9-4-5-11-6-7-12(14)10-13(11)15;1-3-4-2;2*1-2/h2-7,10H,8-9,14H2,1H3;3-4H,1-2H3;2*1-2H3/b3-2+;4-3-;;. The van der Waals surface area contributed by atoms with Crippen molar-refractivity contribution in [1.29, 1.82) is 0 Å². The van der Waals surface area contributed by atoms with E-state index in [1.807, 2.05) is 72.8 Å². The Kier molecular flexibility index (Phi) is 16.6. The topological polar surface area (TPSA) is 29.3 Å². The van der Waals surface area contributed by atoms with E-state index in [9.17, 15) is 0 Å². The molecule has 2 heteroatoms. The number of hydrogen-bond donors (Lipinski definition) is 1. The van der Waals surface area contributed by atoms with E-state index in [-0.39, 0.29) is 0 Å². The summed E-state index contributed by atoms with van der Waals surface area (Å²) in [6.07, 6.45) is 12.6. The minimum Gasteiger partial charge on any atom is -0.399 e. The summed E-state index contributed by atoms with van der Waals surface area (Å²) in [7, 11) is 0. The number of hydrogen-bond acceptors (Lipinski definition) is 2. The molecule has 0 amide bonds. The predicted molar refractivity (Wildman–Crippen MR) is 110 cm³/mol. The molecule has 0 radical (unpaired) electrons. The van der Waals surface area contributed by atoms with Crippen molar-refractivity contribution < 1.29 is 0 Å². The molecule has 0 spiro atoms. The van der Waals surface area contributed by atoms with Gasteiger partial charge >= 0.3 is 0 Å². The molecule has 0 saturated heterocycles. The number of benzene rings is 1. The summed E-state index contributed by atoms with van der Waals surface area (Å²) in [5.74, 6) is 0. The third kappa shape index (κ3) is 9.62. The first-order chi connectivity index (χ1) is 11.2. The highest BCUT2D eigenvalue weighted by Gasteiger charge is 2.11. The van der Waals surface area contributed by atoms with Gasteiger partial charge in [0.1, 0.15) is 0 Å². The summed E-state index contributed by atoms with van der Waals surface area (Å²) in [4.78, 5) is 2.31. The van der Waals surface area contributed by atoms with Crippen LogP contribution in [0.5, 0.6) is 0 Å². The largest absolute Gasteiger partial charge is 0.399 e. The first kappa shape index (κ1) is 23.3. The molecule has 23 heavy (non-hydrogen) atoms. The molecule has 2 nitrogen and oxygen atoms in total. The zero-order valence-electron chi connectivity index (χ0n) is 16.1. The van der Waals surface area contributed by atoms with E-state index in [1.54, 1.807) is 0 Å². The van der Waals surface area contributed by atoms with Crippen LogP contribution in [0.15, 0.2) is 48.6 Å². The molecule has 0 aliphatic carbocycles. The van der Waals surface area contributed by atoms with Gasteiger partial charge in [-0.3, -0.25) is 0 Å². The van der Waals surface area contributed by atoms with E-state index >= 15 is 0 Å². The summed E-state index contributed by atoms with van der Waals surface area (Å²) in [6.45, 7) is 15.9. The summed E-state index contributed by atoms with van der Waals surface area (Å²) in [5, 5.41) is 0. The van der Waals surface area contributed by atoms with Crippen LogP contribution in [0.2, 0.25) is 0 Å². The van der Waals surface area contributed by atoms with Crippen LogP contribution < -0.4 is 10.6 Å². The summed E-state index contributed by atoms with van der Waals surface area (Å²) >= 11 is 0. The molecule has 2 N–H and O–H groups in total. The summed E-state index contributed by atoms with van der Waals surface area (Å²) < 4.78 is 0. The van der Waals surface area contributed by atoms with Gasteiger partial charge in [0.05, 0.1) is 0 Å². The van der Waals surface area contributed by atoms with Gasteiger partial charge in [-0.2, -0.15) is 0 Å². The van der Waals surface area contributed by atoms with Gasteiger partial charge in [-0.25, -0.2) is 0 Å². The fourth-order valence-corrected chi connectivity index (χ4v) is 1.79. The highest BCUT2D eigenvalue weighted by atomic mass is 15.1. The molecule has 1 heterocycles. The van der Waals surface area contributed by atoms with Gasteiger partial charge in [0, 0.05) is 24.5 Å².